The van der Waals surface area contributed by atoms with Crippen LogP contribution in [0.2, 0.25) is 0 Å². The highest BCUT2D eigenvalue weighted by molar-refractivity contribution is 7.99. The van der Waals surface area contributed by atoms with Crippen LogP contribution >= 0.6 is 11.8 Å². The molecule has 0 aliphatic carbocycles. The number of hydrogen-bond acceptors (Lipinski definition) is 2. The van der Waals surface area contributed by atoms with Gasteiger partial charge in [0.05, 0.1) is 0 Å². The second kappa shape index (κ2) is 11.1. The summed E-state index contributed by atoms with van der Waals surface area (Å²) < 4.78 is 0. The Labute approximate surface area is 116 Å². The van der Waals surface area contributed by atoms with E-state index in [0.29, 0.717) is 5.25 Å². The number of rotatable bonds is 5. The molecule has 0 heterocycles. The molecular weight excluding hydrogens is 240 g/mol. The Bertz CT molecular complexity index is 343. The van der Waals surface area contributed by atoms with Crippen LogP contribution < -0.4 is 0 Å². The zero-order valence-corrected chi connectivity index (χ0v) is 12.7. The lowest BCUT2D eigenvalue weighted by Gasteiger charge is -2.04. The van der Waals surface area contributed by atoms with Gasteiger partial charge >= 0.3 is 0 Å². The molecule has 0 saturated carbocycles. The van der Waals surface area contributed by atoms with Crippen molar-refractivity contribution in [3.63, 3.8) is 0 Å². The van der Waals surface area contributed by atoms with E-state index in [1.54, 1.807) is 13.0 Å². The minimum absolute atomic E-state index is 0.138. The molecule has 1 rings (SSSR count). The summed E-state index contributed by atoms with van der Waals surface area (Å²) in [6.45, 7) is 7.99. The van der Waals surface area contributed by atoms with E-state index < -0.39 is 0 Å². The Hall–Kier alpha value is -1.02. The number of ketones is 1. The molecule has 0 radical (unpaired) electrons. The Morgan fingerprint density at radius 1 is 1.33 bits per heavy atom. The quantitative estimate of drug-likeness (QED) is 0.720. The molecule has 0 spiro atoms. The van der Waals surface area contributed by atoms with Crippen molar-refractivity contribution in [2.75, 3.05) is 5.75 Å². The van der Waals surface area contributed by atoms with Gasteiger partial charge in [0.1, 0.15) is 0 Å². The molecule has 100 valence electrons. The smallest absolute Gasteiger partial charge is 0.152 e. The monoisotopic (exact) mass is 264 g/mol. The highest BCUT2D eigenvalue weighted by atomic mass is 32.2. The molecule has 0 bridgehead atoms. The van der Waals surface area contributed by atoms with Crippen molar-refractivity contribution >= 4 is 17.5 Å². The molecule has 1 aromatic rings. The van der Waals surface area contributed by atoms with Crippen molar-refractivity contribution < 1.29 is 4.79 Å². The molecular formula is C16H24OS. The van der Waals surface area contributed by atoms with E-state index in [2.05, 4.69) is 32.9 Å². The van der Waals surface area contributed by atoms with Crippen molar-refractivity contribution in [3.8, 4) is 0 Å². The van der Waals surface area contributed by atoms with Gasteiger partial charge in [-0.1, -0.05) is 55.8 Å². The van der Waals surface area contributed by atoms with Gasteiger partial charge in [-0.2, -0.15) is 11.8 Å². The van der Waals surface area contributed by atoms with Crippen molar-refractivity contribution in [3.05, 3.63) is 48.0 Å². The number of allylic oxidation sites excluding steroid dienone is 2. The molecule has 0 aliphatic heterocycles. The zero-order valence-electron chi connectivity index (χ0n) is 11.8. The van der Waals surface area contributed by atoms with Gasteiger partial charge < -0.3 is 0 Å². The zero-order chi connectivity index (χ0) is 13.8. The van der Waals surface area contributed by atoms with Crippen molar-refractivity contribution in [2.24, 2.45) is 0 Å². The van der Waals surface area contributed by atoms with E-state index in [1.165, 1.54) is 5.56 Å². The minimum atomic E-state index is 0.138. The fourth-order valence-corrected chi connectivity index (χ4v) is 2.13. The molecule has 0 aliphatic rings. The summed E-state index contributed by atoms with van der Waals surface area (Å²) in [5, 5.41) is 0.635. The Morgan fingerprint density at radius 2 is 1.94 bits per heavy atom. The summed E-state index contributed by atoms with van der Waals surface area (Å²) in [6.07, 6.45) is 4.60. The number of aryl methyl sites for hydroxylation is 1. The fourth-order valence-electron chi connectivity index (χ4n) is 1.31. The van der Waals surface area contributed by atoms with Gasteiger partial charge in [0.25, 0.3) is 0 Å². The molecule has 0 amide bonds. The maximum atomic E-state index is 10.5. The van der Waals surface area contributed by atoms with Crippen molar-refractivity contribution in [1.29, 1.82) is 0 Å². The summed E-state index contributed by atoms with van der Waals surface area (Å²) in [5.41, 5.74) is 1.32. The van der Waals surface area contributed by atoms with E-state index in [4.69, 9.17) is 0 Å². The third-order valence-electron chi connectivity index (χ3n) is 2.21. The van der Waals surface area contributed by atoms with Gasteiger partial charge in [0, 0.05) is 5.25 Å². The van der Waals surface area contributed by atoms with Crippen LogP contribution in [0.15, 0.2) is 42.5 Å². The van der Waals surface area contributed by atoms with Crippen LogP contribution in [-0.2, 0) is 4.79 Å². The van der Waals surface area contributed by atoms with Crippen molar-refractivity contribution in [2.45, 2.75) is 39.4 Å². The lowest BCUT2D eigenvalue weighted by molar-refractivity contribution is -0.112. The maximum absolute atomic E-state index is 10.5. The number of benzene rings is 1. The SMILES string of the molecule is CCSC(C)CC=CC(C)=O.Cc1ccccc1. The highest BCUT2D eigenvalue weighted by Gasteiger charge is 1.96. The van der Waals surface area contributed by atoms with Gasteiger partial charge in [-0.15, -0.1) is 0 Å². The molecule has 1 unspecified atom stereocenters. The average molecular weight is 264 g/mol. The lowest BCUT2D eigenvalue weighted by atomic mass is 10.2. The normalized spacial score (nSPS) is 11.8. The summed E-state index contributed by atoms with van der Waals surface area (Å²) in [7, 11) is 0. The van der Waals surface area contributed by atoms with Crippen LogP contribution in [0.1, 0.15) is 32.8 Å². The number of hydrogen-bond donors (Lipinski definition) is 0. The summed E-state index contributed by atoms with van der Waals surface area (Å²) in [6, 6.07) is 10.3. The van der Waals surface area contributed by atoms with E-state index in [1.807, 2.05) is 36.0 Å². The predicted octanol–water partition coefficient (Wildman–Crippen LogP) is 4.66. The van der Waals surface area contributed by atoms with Crippen LogP contribution in [-0.4, -0.2) is 16.8 Å². The average Bonchev–Trinajstić information content (AvgIpc) is 2.30. The summed E-state index contributed by atoms with van der Waals surface area (Å²) in [4.78, 5) is 10.5. The van der Waals surface area contributed by atoms with Crippen LogP contribution in [0.3, 0.4) is 0 Å². The van der Waals surface area contributed by atoms with Crippen molar-refractivity contribution in [1.82, 2.24) is 0 Å². The van der Waals surface area contributed by atoms with Crippen LogP contribution in [0, 0.1) is 6.92 Å². The third-order valence-corrected chi connectivity index (χ3v) is 3.31. The van der Waals surface area contributed by atoms with E-state index in [-0.39, 0.29) is 5.78 Å². The fraction of sp³-hybridized carbons (Fsp3) is 0.438. The van der Waals surface area contributed by atoms with E-state index in [9.17, 15) is 4.79 Å². The molecule has 1 aromatic carbocycles. The van der Waals surface area contributed by atoms with Crippen LogP contribution in [0.25, 0.3) is 0 Å². The van der Waals surface area contributed by atoms with Gasteiger partial charge in [0.15, 0.2) is 5.78 Å². The molecule has 0 fully saturated rings. The largest absolute Gasteiger partial charge is 0.295 e. The maximum Gasteiger partial charge on any atom is 0.152 e. The number of thioether (sulfide) groups is 1. The standard InChI is InChI=1S/C9H16OS.C7H8/c1-4-11-9(3)7-5-6-8(2)10;1-7-5-3-2-4-6-7/h5-6,9H,4,7H2,1-3H3;2-6H,1H3. The summed E-state index contributed by atoms with van der Waals surface area (Å²) in [5.74, 6) is 1.29. The Morgan fingerprint density at radius 3 is 2.33 bits per heavy atom. The molecule has 0 saturated heterocycles. The molecule has 18 heavy (non-hydrogen) atoms. The topological polar surface area (TPSA) is 17.1 Å². The van der Waals surface area contributed by atoms with Crippen LogP contribution in [0.5, 0.6) is 0 Å². The Kier molecular flexibility index (Phi) is 10.5. The molecule has 0 aromatic heterocycles. The predicted molar refractivity (Wildman–Crippen MR) is 83.2 cm³/mol. The molecule has 2 heteroatoms. The van der Waals surface area contributed by atoms with Gasteiger partial charge in [-0.05, 0) is 32.1 Å². The molecule has 1 nitrogen and oxygen atoms in total. The number of carbonyl (C=O) groups is 1. The Balaban J connectivity index is 0.000000351. The summed E-state index contributed by atoms with van der Waals surface area (Å²) >= 11 is 1.92. The first-order valence-electron chi connectivity index (χ1n) is 6.36. The lowest BCUT2D eigenvalue weighted by Crippen LogP contribution is -1.94. The first-order valence-corrected chi connectivity index (χ1v) is 7.41. The second-order valence-electron chi connectivity index (χ2n) is 4.17. The molecule has 0 N–H and O–H groups in total. The minimum Gasteiger partial charge on any atom is -0.295 e. The van der Waals surface area contributed by atoms with E-state index >= 15 is 0 Å². The van der Waals surface area contributed by atoms with Crippen LogP contribution in [0.4, 0.5) is 0 Å². The first-order chi connectivity index (χ1) is 8.56. The van der Waals surface area contributed by atoms with Gasteiger partial charge in [0.2, 0.25) is 0 Å². The third kappa shape index (κ3) is 11.5. The molecule has 1 atom stereocenters. The van der Waals surface area contributed by atoms with E-state index in [0.717, 1.165) is 12.2 Å². The highest BCUT2D eigenvalue weighted by Crippen LogP contribution is 2.13. The first kappa shape index (κ1) is 17.0. The number of carbonyl (C=O) groups excluding carboxylic acids is 1. The second-order valence-corrected chi connectivity index (χ2v) is 5.88. The van der Waals surface area contributed by atoms with Gasteiger partial charge in [-0.25, -0.2) is 0 Å². The van der Waals surface area contributed by atoms with Gasteiger partial charge in [-0.3, -0.25) is 4.79 Å².